The first-order chi connectivity index (χ1) is 46.7. The van der Waals surface area contributed by atoms with Crippen molar-refractivity contribution < 1.29 is 0 Å². The van der Waals surface area contributed by atoms with Gasteiger partial charge in [-0.3, -0.25) is 9.13 Å². The molecule has 4 aromatic heterocycles. The number of rotatable bonds is 5. The summed E-state index contributed by atoms with van der Waals surface area (Å²) in [6.45, 7) is 0. The van der Waals surface area contributed by atoms with Crippen LogP contribution in [-0.2, 0) is 0 Å². The molecular formula is C88H48N6. The molecule has 0 fully saturated rings. The van der Waals surface area contributed by atoms with E-state index in [-0.39, 0.29) is 0 Å². The highest BCUT2D eigenvalue weighted by atomic mass is 15.2. The second-order valence-electron chi connectivity index (χ2n) is 25.4. The summed E-state index contributed by atoms with van der Waals surface area (Å²) in [6.07, 6.45) is 0. The Morgan fingerprint density at radius 3 is 1.32 bits per heavy atom. The molecule has 22 rings (SSSR count). The standard InChI is InChI=1S/C88H48N6/c1-3-21-49(22-4-1)83-69-46-52(42-44-70(69)91-88(92-83)94-74-40-20-35-60-57-29-11-12-30-58(57)67-47-53-25-7-9-27-55(53)75-63-32-14-16-34-65(63)86(94)82(78(60)74)79(67)75)51-41-43-59-61-36-19-39-73-77(61)81-80-68(66(59)45-51)48-54-26-8-10-28-56(54)76(80)62-31-13-15-33-64(62)85(81)93(73)87-84(50-23-5-2-6-24-50)89-71-37-17-18-38-72(71)90-87/h1-48H. The van der Waals surface area contributed by atoms with Crippen molar-refractivity contribution in [2.45, 2.75) is 0 Å². The van der Waals surface area contributed by atoms with Crippen LogP contribution in [0, 0.1) is 0 Å². The second kappa shape index (κ2) is 18.5. The fraction of sp³-hybridized carbons (Fsp3) is 0. The van der Waals surface area contributed by atoms with Gasteiger partial charge in [0.15, 0.2) is 5.82 Å². The fourth-order valence-electron chi connectivity index (χ4n) is 16.8. The van der Waals surface area contributed by atoms with Crippen LogP contribution in [0.1, 0.15) is 0 Å². The van der Waals surface area contributed by atoms with Crippen molar-refractivity contribution in [3.8, 4) is 89.9 Å². The zero-order valence-corrected chi connectivity index (χ0v) is 50.4. The molecule has 6 heteroatoms. The molecule has 2 aliphatic carbocycles. The first-order valence-electron chi connectivity index (χ1n) is 32.3. The summed E-state index contributed by atoms with van der Waals surface area (Å²) >= 11 is 0. The van der Waals surface area contributed by atoms with E-state index < -0.39 is 0 Å². The first-order valence-corrected chi connectivity index (χ1v) is 32.3. The molecule has 0 radical (unpaired) electrons. The highest BCUT2D eigenvalue weighted by Gasteiger charge is 2.32. The van der Waals surface area contributed by atoms with E-state index in [9.17, 15) is 0 Å². The van der Waals surface area contributed by atoms with Crippen LogP contribution in [0.5, 0.6) is 0 Å². The third kappa shape index (κ3) is 6.62. The third-order valence-corrected chi connectivity index (χ3v) is 20.7. The minimum Gasteiger partial charge on any atom is -0.291 e. The summed E-state index contributed by atoms with van der Waals surface area (Å²) in [4.78, 5) is 22.6. The Bertz CT molecular complexity index is 6840. The molecule has 0 N–H and O–H groups in total. The Morgan fingerprint density at radius 1 is 0.213 bits per heavy atom. The largest absolute Gasteiger partial charge is 0.291 e. The van der Waals surface area contributed by atoms with Gasteiger partial charge in [0, 0.05) is 59.6 Å². The molecule has 0 bridgehead atoms. The average Bonchev–Trinajstić information content (AvgIpc) is 1.52. The van der Waals surface area contributed by atoms with Gasteiger partial charge in [-0.2, -0.15) is 0 Å². The Balaban J connectivity index is 0.800. The smallest absolute Gasteiger partial charge is 0.235 e. The zero-order valence-electron chi connectivity index (χ0n) is 50.4. The topological polar surface area (TPSA) is 61.4 Å². The number of nitrogens with zero attached hydrogens (tertiary/aromatic N) is 6. The molecule has 4 heterocycles. The maximum absolute atomic E-state index is 5.83. The maximum Gasteiger partial charge on any atom is 0.235 e. The molecule has 16 aromatic carbocycles. The lowest BCUT2D eigenvalue weighted by Crippen LogP contribution is -2.04. The van der Waals surface area contributed by atoms with E-state index in [1.807, 2.05) is 6.07 Å². The number of fused-ring (bicyclic) bond motifs is 18. The summed E-state index contributed by atoms with van der Waals surface area (Å²) in [5, 5.41) is 20.5. The van der Waals surface area contributed by atoms with Crippen molar-refractivity contribution in [2.75, 3.05) is 0 Å². The molecule has 0 aliphatic heterocycles. The Hall–Kier alpha value is -12.6. The van der Waals surface area contributed by atoms with Gasteiger partial charge in [0.25, 0.3) is 0 Å². The molecule has 0 saturated heterocycles. The second-order valence-corrected chi connectivity index (χ2v) is 25.4. The molecule has 6 nitrogen and oxygen atoms in total. The SMILES string of the molecule is c1ccc(-c2nc3ccccc3nc2-n2c3cccc4c3c3c5c(cc6ccccc6c5c5ccccc5c32)-c2cc(-c3ccc5nc(-n6c7cccc8c7c7c9c(cc%10ccccc%10c9c9ccccc9c76)-c6ccccc6-8)nc(-c6ccccc6)c5c3)ccc2-4)cc1. The first kappa shape index (κ1) is 50.1. The fourth-order valence-corrected chi connectivity index (χ4v) is 16.8. The number of hydrogen-bond acceptors (Lipinski definition) is 4. The number of hydrogen-bond donors (Lipinski definition) is 0. The molecule has 430 valence electrons. The molecule has 0 saturated carbocycles. The molecule has 2 aliphatic rings. The molecule has 20 aromatic rings. The van der Waals surface area contributed by atoms with Crippen molar-refractivity contribution in [1.82, 2.24) is 29.1 Å². The normalized spacial score (nSPS) is 12.5. The van der Waals surface area contributed by atoms with Crippen LogP contribution in [-0.4, -0.2) is 29.1 Å². The van der Waals surface area contributed by atoms with Crippen LogP contribution < -0.4 is 0 Å². The quantitative estimate of drug-likeness (QED) is 0.161. The molecule has 94 heavy (non-hydrogen) atoms. The van der Waals surface area contributed by atoms with Crippen LogP contribution in [0.3, 0.4) is 0 Å². The molecule has 0 unspecified atom stereocenters. The highest BCUT2D eigenvalue weighted by molar-refractivity contribution is 6.43. The lowest BCUT2D eigenvalue weighted by molar-refractivity contribution is 1.02. The highest BCUT2D eigenvalue weighted by Crippen LogP contribution is 2.57. The van der Waals surface area contributed by atoms with Crippen molar-refractivity contribution in [3.05, 3.63) is 291 Å². The van der Waals surface area contributed by atoms with E-state index in [0.29, 0.717) is 5.95 Å². The van der Waals surface area contributed by atoms with Gasteiger partial charge in [-0.15, -0.1) is 0 Å². The van der Waals surface area contributed by atoms with Gasteiger partial charge in [-0.25, -0.2) is 19.9 Å². The van der Waals surface area contributed by atoms with Gasteiger partial charge in [0.2, 0.25) is 5.95 Å². The van der Waals surface area contributed by atoms with Gasteiger partial charge in [0.1, 0.15) is 5.69 Å². The van der Waals surface area contributed by atoms with Gasteiger partial charge in [-0.05, 0) is 153 Å². The lowest BCUT2D eigenvalue weighted by Gasteiger charge is -2.19. The van der Waals surface area contributed by atoms with Crippen molar-refractivity contribution in [3.63, 3.8) is 0 Å². The van der Waals surface area contributed by atoms with Crippen molar-refractivity contribution >= 4 is 130 Å². The van der Waals surface area contributed by atoms with E-state index in [1.165, 1.54) is 131 Å². The molecular weight excluding hydrogens is 1140 g/mol. The third-order valence-electron chi connectivity index (χ3n) is 20.7. The Kier molecular flexibility index (Phi) is 9.87. The monoisotopic (exact) mass is 1190 g/mol. The average molecular weight is 1190 g/mol. The van der Waals surface area contributed by atoms with Crippen LogP contribution >= 0.6 is 0 Å². The Labute approximate surface area is 537 Å². The van der Waals surface area contributed by atoms with Gasteiger partial charge in [0.05, 0.1) is 44.3 Å². The predicted octanol–water partition coefficient (Wildman–Crippen LogP) is 23.0. The van der Waals surface area contributed by atoms with Crippen LogP contribution in [0.15, 0.2) is 291 Å². The van der Waals surface area contributed by atoms with E-state index in [0.717, 1.165) is 83.5 Å². The zero-order chi connectivity index (χ0) is 61.0. The summed E-state index contributed by atoms with van der Waals surface area (Å²) in [6, 6.07) is 107. The molecule has 0 spiro atoms. The van der Waals surface area contributed by atoms with Crippen molar-refractivity contribution in [1.29, 1.82) is 0 Å². The van der Waals surface area contributed by atoms with E-state index in [1.54, 1.807) is 0 Å². The van der Waals surface area contributed by atoms with Crippen molar-refractivity contribution in [2.24, 2.45) is 0 Å². The van der Waals surface area contributed by atoms with Crippen LogP contribution in [0.2, 0.25) is 0 Å². The van der Waals surface area contributed by atoms with E-state index >= 15 is 0 Å². The molecule has 0 amide bonds. The predicted molar refractivity (Wildman–Crippen MR) is 392 cm³/mol. The summed E-state index contributed by atoms with van der Waals surface area (Å²) in [5.41, 5.74) is 22.6. The number of benzene rings is 16. The number of aromatic nitrogens is 6. The van der Waals surface area contributed by atoms with Gasteiger partial charge < -0.3 is 0 Å². The van der Waals surface area contributed by atoms with E-state index in [4.69, 9.17) is 19.9 Å². The maximum atomic E-state index is 5.83. The van der Waals surface area contributed by atoms with E-state index in [2.05, 4.69) is 294 Å². The minimum absolute atomic E-state index is 0.634. The van der Waals surface area contributed by atoms with Crippen LogP contribution in [0.25, 0.3) is 220 Å². The van der Waals surface area contributed by atoms with Gasteiger partial charge >= 0.3 is 0 Å². The van der Waals surface area contributed by atoms with Crippen LogP contribution in [0.4, 0.5) is 0 Å². The Morgan fingerprint density at radius 2 is 0.681 bits per heavy atom. The summed E-state index contributed by atoms with van der Waals surface area (Å²) in [7, 11) is 0. The lowest BCUT2D eigenvalue weighted by atomic mass is 9.86. The van der Waals surface area contributed by atoms with Gasteiger partial charge in [-0.1, -0.05) is 237 Å². The summed E-state index contributed by atoms with van der Waals surface area (Å²) < 4.78 is 4.81. The number of para-hydroxylation sites is 2. The minimum atomic E-state index is 0.634. The summed E-state index contributed by atoms with van der Waals surface area (Å²) in [5.74, 6) is 1.44. The molecule has 0 atom stereocenters.